The van der Waals surface area contributed by atoms with Gasteiger partial charge in [-0.1, -0.05) is 26.2 Å². The molecule has 1 aliphatic carbocycles. The minimum absolute atomic E-state index is 0.0106. The first-order valence-corrected chi connectivity index (χ1v) is 11.2. The molecule has 0 aromatic carbocycles. The highest BCUT2D eigenvalue weighted by Crippen LogP contribution is 2.43. The van der Waals surface area contributed by atoms with Gasteiger partial charge in [-0.05, 0) is 31.6 Å². The second kappa shape index (κ2) is 8.46. The quantitative estimate of drug-likeness (QED) is 0.839. The normalized spacial score (nSPS) is 23.1. The van der Waals surface area contributed by atoms with E-state index in [2.05, 4.69) is 16.9 Å². The summed E-state index contributed by atoms with van der Waals surface area (Å²) in [6.45, 7) is 4.23. The Morgan fingerprint density at radius 3 is 2.66 bits per heavy atom. The van der Waals surface area contributed by atoms with Gasteiger partial charge in [0.25, 0.3) is 0 Å². The molecule has 1 atom stereocenters. The zero-order chi connectivity index (χ0) is 20.4. The molecule has 2 aliphatic heterocycles. The van der Waals surface area contributed by atoms with Gasteiger partial charge in [0, 0.05) is 44.8 Å². The smallest absolute Gasteiger partial charge is 0.249 e. The lowest BCUT2D eigenvalue weighted by atomic mass is 9.77. The van der Waals surface area contributed by atoms with Gasteiger partial charge in [-0.3, -0.25) is 9.59 Å². The van der Waals surface area contributed by atoms with Crippen LogP contribution in [0.2, 0.25) is 0 Å². The summed E-state index contributed by atoms with van der Waals surface area (Å²) in [6.07, 6.45) is 10.2. The Morgan fingerprint density at radius 2 is 1.97 bits per heavy atom. The fourth-order valence-electron chi connectivity index (χ4n) is 5.77. The lowest BCUT2D eigenvalue weighted by Crippen LogP contribution is -2.60. The second-order valence-corrected chi connectivity index (χ2v) is 9.00. The van der Waals surface area contributed by atoms with E-state index in [0.717, 1.165) is 30.7 Å². The lowest BCUT2D eigenvalue weighted by Gasteiger charge is -2.50. The van der Waals surface area contributed by atoms with Gasteiger partial charge in [0.05, 0.1) is 17.6 Å². The van der Waals surface area contributed by atoms with Crippen LogP contribution in [0.25, 0.3) is 0 Å². The number of piperidine rings is 1. The molecular formula is C22H34N4O3. The van der Waals surface area contributed by atoms with E-state index in [1.807, 2.05) is 9.80 Å². The first kappa shape index (κ1) is 20.4. The fourth-order valence-corrected chi connectivity index (χ4v) is 5.77. The van der Waals surface area contributed by atoms with E-state index in [9.17, 15) is 9.59 Å². The van der Waals surface area contributed by atoms with Crippen LogP contribution >= 0.6 is 0 Å². The van der Waals surface area contributed by atoms with E-state index in [-0.39, 0.29) is 18.4 Å². The molecule has 0 radical (unpaired) electrons. The highest BCUT2D eigenvalue weighted by atomic mass is 16.5. The van der Waals surface area contributed by atoms with Gasteiger partial charge in [0.15, 0.2) is 0 Å². The predicted octanol–water partition coefficient (Wildman–Crippen LogP) is 2.47. The molecule has 29 heavy (non-hydrogen) atoms. The molecular weight excluding hydrogens is 368 g/mol. The summed E-state index contributed by atoms with van der Waals surface area (Å²) in [5, 5.41) is 0. The topological polar surface area (TPSA) is 78.5 Å². The van der Waals surface area contributed by atoms with Crippen LogP contribution in [0, 0.1) is 11.8 Å². The van der Waals surface area contributed by atoms with Gasteiger partial charge in [0.2, 0.25) is 11.8 Å². The first-order chi connectivity index (χ1) is 14.1. The third kappa shape index (κ3) is 3.69. The molecule has 4 rings (SSSR count). The number of carbonyl (C=O) groups is 2. The number of ether oxygens (including phenoxy) is 1. The molecule has 1 N–H and O–H groups in total. The number of H-pyrrole nitrogens is 1. The Hall–Kier alpha value is -1.89. The Kier molecular flexibility index (Phi) is 5.95. The molecule has 3 heterocycles. The molecule has 1 aromatic heterocycles. The Labute approximate surface area is 173 Å². The molecule has 1 spiro atoms. The number of nitrogens with one attached hydrogen (secondary N) is 1. The number of imidazole rings is 1. The lowest BCUT2D eigenvalue weighted by molar-refractivity contribution is -0.149. The molecule has 7 nitrogen and oxygen atoms in total. The van der Waals surface area contributed by atoms with Crippen LogP contribution in [0.5, 0.6) is 0 Å². The standard InChI is InChI=1S/C22H34N4O3/c1-16(17-6-4-3-5-7-17)21(28)25-12-9-22(10-13-25)20-18(23-15-24-20)8-11-26(22)19(27)14-29-2/h15-17H,3-14H2,1-2H3,(H,23,24)/t16-/m0/s1. The summed E-state index contributed by atoms with van der Waals surface area (Å²) >= 11 is 0. The maximum absolute atomic E-state index is 13.2. The van der Waals surface area contributed by atoms with Crippen LogP contribution in [-0.2, 0) is 26.3 Å². The van der Waals surface area contributed by atoms with Crippen molar-refractivity contribution in [2.24, 2.45) is 11.8 Å². The van der Waals surface area contributed by atoms with Crippen molar-refractivity contribution in [3.8, 4) is 0 Å². The van der Waals surface area contributed by atoms with Crippen molar-refractivity contribution in [2.75, 3.05) is 33.4 Å². The molecule has 1 aromatic rings. The Morgan fingerprint density at radius 1 is 1.24 bits per heavy atom. The molecule has 7 heteroatoms. The van der Waals surface area contributed by atoms with Crippen LogP contribution < -0.4 is 0 Å². The van der Waals surface area contributed by atoms with Crippen LogP contribution in [0.3, 0.4) is 0 Å². The van der Waals surface area contributed by atoms with Crippen LogP contribution in [0.15, 0.2) is 6.33 Å². The maximum atomic E-state index is 13.2. The average Bonchev–Trinajstić information content (AvgIpc) is 3.24. The van der Waals surface area contributed by atoms with Crippen LogP contribution in [-0.4, -0.2) is 64.9 Å². The van der Waals surface area contributed by atoms with E-state index in [0.29, 0.717) is 31.5 Å². The summed E-state index contributed by atoms with van der Waals surface area (Å²) in [5.41, 5.74) is 1.69. The minimum atomic E-state index is -0.423. The van der Waals surface area contributed by atoms with Crippen molar-refractivity contribution < 1.29 is 14.3 Å². The number of rotatable bonds is 4. The summed E-state index contributed by atoms with van der Waals surface area (Å²) in [4.78, 5) is 37.9. The number of fused-ring (bicyclic) bond motifs is 2. The van der Waals surface area contributed by atoms with Crippen molar-refractivity contribution in [3.63, 3.8) is 0 Å². The predicted molar refractivity (Wildman–Crippen MR) is 109 cm³/mol. The van der Waals surface area contributed by atoms with Crippen molar-refractivity contribution >= 4 is 11.8 Å². The van der Waals surface area contributed by atoms with Gasteiger partial charge < -0.3 is 19.5 Å². The van der Waals surface area contributed by atoms with Crippen LogP contribution in [0.1, 0.15) is 63.3 Å². The summed E-state index contributed by atoms with van der Waals surface area (Å²) in [6, 6.07) is 0. The number of methoxy groups -OCH3 is 1. The molecule has 0 unspecified atom stereocenters. The number of aromatic amines is 1. The van der Waals surface area contributed by atoms with E-state index < -0.39 is 5.54 Å². The third-order valence-corrected chi connectivity index (χ3v) is 7.48. The molecule has 0 bridgehead atoms. The van der Waals surface area contributed by atoms with E-state index in [1.165, 1.54) is 32.1 Å². The highest BCUT2D eigenvalue weighted by Gasteiger charge is 2.49. The molecule has 2 fully saturated rings. The van der Waals surface area contributed by atoms with E-state index in [1.54, 1.807) is 13.4 Å². The Bertz CT molecular complexity index is 732. The number of carbonyl (C=O) groups excluding carboxylic acids is 2. The Balaban J connectivity index is 1.49. The monoisotopic (exact) mass is 402 g/mol. The number of likely N-dealkylation sites (tertiary alicyclic amines) is 1. The number of hydrogen-bond acceptors (Lipinski definition) is 4. The molecule has 1 saturated carbocycles. The second-order valence-electron chi connectivity index (χ2n) is 9.00. The highest BCUT2D eigenvalue weighted by molar-refractivity contribution is 5.80. The number of aromatic nitrogens is 2. The number of amides is 2. The van der Waals surface area contributed by atoms with E-state index >= 15 is 0 Å². The minimum Gasteiger partial charge on any atom is -0.375 e. The largest absolute Gasteiger partial charge is 0.375 e. The fraction of sp³-hybridized carbons (Fsp3) is 0.773. The van der Waals surface area contributed by atoms with Gasteiger partial charge in [-0.15, -0.1) is 0 Å². The third-order valence-electron chi connectivity index (χ3n) is 7.48. The van der Waals surface area contributed by atoms with E-state index in [4.69, 9.17) is 4.74 Å². The summed E-state index contributed by atoms with van der Waals surface area (Å²) in [7, 11) is 1.56. The molecule has 160 valence electrons. The maximum Gasteiger partial charge on any atom is 0.249 e. The molecule has 2 amide bonds. The zero-order valence-electron chi connectivity index (χ0n) is 17.8. The van der Waals surface area contributed by atoms with Crippen LogP contribution in [0.4, 0.5) is 0 Å². The number of nitrogens with zero attached hydrogens (tertiary/aromatic N) is 3. The van der Waals surface area contributed by atoms with Crippen molar-refractivity contribution in [1.82, 2.24) is 19.8 Å². The summed E-state index contributed by atoms with van der Waals surface area (Å²) < 4.78 is 5.13. The molecule has 1 saturated heterocycles. The van der Waals surface area contributed by atoms with Gasteiger partial charge in [-0.25, -0.2) is 4.98 Å². The average molecular weight is 403 g/mol. The van der Waals surface area contributed by atoms with Gasteiger partial charge in [0.1, 0.15) is 6.61 Å². The number of hydrogen-bond donors (Lipinski definition) is 1. The van der Waals surface area contributed by atoms with Gasteiger partial charge in [-0.2, -0.15) is 0 Å². The van der Waals surface area contributed by atoms with Crippen molar-refractivity contribution in [3.05, 3.63) is 17.7 Å². The van der Waals surface area contributed by atoms with Crippen molar-refractivity contribution in [2.45, 2.75) is 63.8 Å². The summed E-state index contributed by atoms with van der Waals surface area (Å²) in [5.74, 6) is 0.929. The first-order valence-electron chi connectivity index (χ1n) is 11.2. The molecule has 3 aliphatic rings. The van der Waals surface area contributed by atoms with Crippen molar-refractivity contribution in [1.29, 1.82) is 0 Å². The van der Waals surface area contributed by atoms with Gasteiger partial charge >= 0.3 is 0 Å². The zero-order valence-corrected chi connectivity index (χ0v) is 17.8. The SMILES string of the molecule is COCC(=O)N1CCc2[nH]cnc2C12CCN(C(=O)[C@@H](C)C1CCCCC1)CC2.